The maximum Gasteiger partial charge on any atom is 0.192 e. The molecule has 4 heteroatoms. The Kier molecular flexibility index (Phi) is 3.33. The molecule has 2 nitrogen and oxygen atoms in total. The molecule has 1 aromatic heterocycles. The van der Waals surface area contributed by atoms with Gasteiger partial charge in [0.1, 0.15) is 0 Å². The number of hydrogen-bond donors (Lipinski definition) is 0. The van der Waals surface area contributed by atoms with Crippen LogP contribution in [0.1, 0.15) is 11.2 Å². The summed E-state index contributed by atoms with van der Waals surface area (Å²) in [4.78, 5) is 0.986. The largest absolute Gasteiger partial charge is 0.351 e. The van der Waals surface area contributed by atoms with Crippen LogP contribution in [0.15, 0.2) is 12.1 Å². The highest BCUT2D eigenvalue weighted by atomic mass is 35.5. The Labute approximate surface area is 74.7 Å². The smallest absolute Gasteiger partial charge is 0.192 e. The first-order valence-electron chi connectivity index (χ1n) is 3.08. The van der Waals surface area contributed by atoms with Gasteiger partial charge in [0.05, 0.1) is 9.21 Å². The zero-order valence-electron chi connectivity index (χ0n) is 6.33. The van der Waals surface area contributed by atoms with Gasteiger partial charge in [0, 0.05) is 14.2 Å². The van der Waals surface area contributed by atoms with E-state index in [0.29, 0.717) is 0 Å². The molecular formula is C7H9ClO2S. The Balaban J connectivity index is 2.73. The van der Waals surface area contributed by atoms with Crippen LogP contribution in [-0.2, 0) is 9.47 Å². The Morgan fingerprint density at radius 2 is 2.00 bits per heavy atom. The molecule has 0 atom stereocenters. The van der Waals surface area contributed by atoms with Crippen LogP contribution in [0.4, 0.5) is 0 Å². The number of thiophene rings is 1. The topological polar surface area (TPSA) is 18.5 Å². The summed E-state index contributed by atoms with van der Waals surface area (Å²) < 4.78 is 10.8. The Hall–Kier alpha value is -0.0900. The van der Waals surface area contributed by atoms with Gasteiger partial charge < -0.3 is 9.47 Å². The van der Waals surface area contributed by atoms with E-state index in [4.69, 9.17) is 21.1 Å². The van der Waals surface area contributed by atoms with Crippen molar-refractivity contribution in [1.82, 2.24) is 0 Å². The van der Waals surface area contributed by atoms with E-state index in [2.05, 4.69) is 0 Å². The number of halogens is 1. The maximum absolute atomic E-state index is 5.73. The van der Waals surface area contributed by atoms with Crippen LogP contribution in [0.25, 0.3) is 0 Å². The lowest BCUT2D eigenvalue weighted by molar-refractivity contribution is -0.103. The lowest BCUT2D eigenvalue weighted by atomic mass is 10.4. The first-order valence-corrected chi connectivity index (χ1v) is 4.28. The molecule has 11 heavy (non-hydrogen) atoms. The van der Waals surface area contributed by atoms with Gasteiger partial charge in [0.25, 0.3) is 0 Å². The minimum absolute atomic E-state index is 0.285. The van der Waals surface area contributed by atoms with Crippen LogP contribution >= 0.6 is 22.9 Å². The molecule has 1 rings (SSSR count). The highest BCUT2D eigenvalue weighted by Gasteiger charge is 2.10. The second-order valence-electron chi connectivity index (χ2n) is 1.95. The predicted octanol–water partition coefficient (Wildman–Crippen LogP) is 2.69. The van der Waals surface area contributed by atoms with Crippen molar-refractivity contribution in [1.29, 1.82) is 0 Å². The van der Waals surface area contributed by atoms with Crippen molar-refractivity contribution in [3.63, 3.8) is 0 Å². The summed E-state index contributed by atoms with van der Waals surface area (Å²) in [6.07, 6.45) is -0.285. The van der Waals surface area contributed by atoms with Crippen LogP contribution in [-0.4, -0.2) is 14.2 Å². The van der Waals surface area contributed by atoms with E-state index in [0.717, 1.165) is 9.21 Å². The lowest BCUT2D eigenvalue weighted by Gasteiger charge is -2.09. The molecule has 0 unspecified atom stereocenters. The molecule has 1 aromatic rings. The fourth-order valence-electron chi connectivity index (χ4n) is 0.783. The molecule has 0 amide bonds. The summed E-state index contributed by atoms with van der Waals surface area (Å²) in [6, 6.07) is 3.72. The molecule has 0 saturated heterocycles. The quantitative estimate of drug-likeness (QED) is 0.686. The maximum atomic E-state index is 5.73. The van der Waals surface area contributed by atoms with E-state index in [9.17, 15) is 0 Å². The molecule has 1 heterocycles. The second kappa shape index (κ2) is 4.07. The van der Waals surface area contributed by atoms with Crippen molar-refractivity contribution < 1.29 is 9.47 Å². The molecule has 0 aliphatic rings. The standard InChI is InChI=1S/C7H9ClO2S/c1-9-7(10-2)5-3-4-6(8)11-5/h3-4,7H,1-2H3. The molecule has 0 spiro atoms. The lowest BCUT2D eigenvalue weighted by Crippen LogP contribution is -2.00. The first-order chi connectivity index (χ1) is 5.27. The monoisotopic (exact) mass is 192 g/mol. The fourth-order valence-corrected chi connectivity index (χ4v) is 1.90. The summed E-state index contributed by atoms with van der Waals surface area (Å²) in [6.45, 7) is 0. The average Bonchev–Trinajstić information content (AvgIpc) is 2.39. The third kappa shape index (κ3) is 2.17. The van der Waals surface area contributed by atoms with Crippen LogP contribution in [0.5, 0.6) is 0 Å². The van der Waals surface area contributed by atoms with Gasteiger partial charge in [-0.2, -0.15) is 0 Å². The van der Waals surface area contributed by atoms with E-state index < -0.39 is 0 Å². The zero-order chi connectivity index (χ0) is 8.27. The van der Waals surface area contributed by atoms with Gasteiger partial charge in [-0.3, -0.25) is 0 Å². The van der Waals surface area contributed by atoms with Crippen molar-refractivity contribution >= 4 is 22.9 Å². The minimum atomic E-state index is -0.285. The molecule has 0 radical (unpaired) electrons. The van der Waals surface area contributed by atoms with Gasteiger partial charge in [-0.15, -0.1) is 11.3 Å². The normalized spacial score (nSPS) is 10.9. The minimum Gasteiger partial charge on any atom is -0.351 e. The summed E-state index contributed by atoms with van der Waals surface area (Å²) in [7, 11) is 3.20. The third-order valence-electron chi connectivity index (χ3n) is 1.25. The summed E-state index contributed by atoms with van der Waals surface area (Å²) in [5.74, 6) is 0. The van der Waals surface area contributed by atoms with Crippen LogP contribution in [0.3, 0.4) is 0 Å². The molecule has 0 saturated carbocycles. The molecule has 0 fully saturated rings. The zero-order valence-corrected chi connectivity index (χ0v) is 7.91. The Morgan fingerprint density at radius 1 is 1.36 bits per heavy atom. The van der Waals surface area contributed by atoms with Crippen LogP contribution in [0.2, 0.25) is 4.34 Å². The van der Waals surface area contributed by atoms with E-state index >= 15 is 0 Å². The molecular weight excluding hydrogens is 184 g/mol. The summed E-state index contributed by atoms with van der Waals surface area (Å²) >= 11 is 7.19. The molecule has 0 aliphatic carbocycles. The van der Waals surface area contributed by atoms with Crippen LogP contribution < -0.4 is 0 Å². The van der Waals surface area contributed by atoms with Gasteiger partial charge in [-0.25, -0.2) is 0 Å². The van der Waals surface area contributed by atoms with Crippen molar-refractivity contribution in [2.45, 2.75) is 6.29 Å². The SMILES string of the molecule is COC(OC)c1ccc(Cl)s1. The Morgan fingerprint density at radius 3 is 2.36 bits per heavy atom. The van der Waals surface area contributed by atoms with E-state index in [1.807, 2.05) is 12.1 Å². The molecule has 0 aliphatic heterocycles. The highest BCUT2D eigenvalue weighted by Crippen LogP contribution is 2.28. The van der Waals surface area contributed by atoms with E-state index in [-0.39, 0.29) is 6.29 Å². The van der Waals surface area contributed by atoms with E-state index in [1.165, 1.54) is 11.3 Å². The number of hydrogen-bond acceptors (Lipinski definition) is 3. The molecule has 0 N–H and O–H groups in total. The van der Waals surface area contributed by atoms with Gasteiger partial charge in [0.15, 0.2) is 6.29 Å². The number of rotatable bonds is 3. The number of ether oxygens (including phenoxy) is 2. The van der Waals surface area contributed by atoms with Crippen molar-refractivity contribution in [3.05, 3.63) is 21.3 Å². The summed E-state index contributed by atoms with van der Waals surface area (Å²) in [5.41, 5.74) is 0. The fraction of sp³-hybridized carbons (Fsp3) is 0.429. The predicted molar refractivity (Wildman–Crippen MR) is 46.1 cm³/mol. The highest BCUT2D eigenvalue weighted by molar-refractivity contribution is 7.16. The van der Waals surface area contributed by atoms with Gasteiger partial charge in [-0.05, 0) is 12.1 Å². The van der Waals surface area contributed by atoms with Gasteiger partial charge >= 0.3 is 0 Å². The second-order valence-corrected chi connectivity index (χ2v) is 3.69. The van der Waals surface area contributed by atoms with Gasteiger partial charge in [-0.1, -0.05) is 11.6 Å². The average molecular weight is 193 g/mol. The van der Waals surface area contributed by atoms with Gasteiger partial charge in [0.2, 0.25) is 0 Å². The molecule has 62 valence electrons. The molecule has 0 bridgehead atoms. The van der Waals surface area contributed by atoms with Crippen molar-refractivity contribution in [2.24, 2.45) is 0 Å². The molecule has 0 aromatic carbocycles. The number of methoxy groups -OCH3 is 2. The van der Waals surface area contributed by atoms with E-state index in [1.54, 1.807) is 14.2 Å². The third-order valence-corrected chi connectivity index (χ3v) is 2.51. The van der Waals surface area contributed by atoms with Crippen molar-refractivity contribution in [2.75, 3.05) is 14.2 Å². The Bertz CT molecular complexity index is 220. The summed E-state index contributed by atoms with van der Waals surface area (Å²) in [5, 5.41) is 0. The van der Waals surface area contributed by atoms with Crippen LogP contribution in [0, 0.1) is 0 Å². The van der Waals surface area contributed by atoms with Crippen molar-refractivity contribution in [3.8, 4) is 0 Å². The first kappa shape index (κ1) is 9.00.